The molecule has 2 fully saturated rings. The molecule has 0 aliphatic carbocycles. The van der Waals surface area contributed by atoms with Crippen LogP contribution in [0.4, 0.5) is 4.79 Å². The summed E-state index contributed by atoms with van der Waals surface area (Å²) in [5, 5.41) is 12.1. The number of carbonyl (C=O) groups is 3. The largest absolute Gasteiger partial charge is 0.379 e. The molecular weight excluding hydrogens is 448 g/mol. The van der Waals surface area contributed by atoms with Crippen LogP contribution in [-0.2, 0) is 23.8 Å². The molecule has 2 saturated heterocycles. The molecule has 0 bridgehead atoms. The number of rotatable bonds is 19. The first-order valence-electron chi connectivity index (χ1n) is 12.0. The Kier molecular flexibility index (Phi) is 14.2. The number of hydrogen-bond donors (Lipinski definition) is 4. The Morgan fingerprint density at radius 1 is 0.909 bits per heavy atom. The van der Waals surface area contributed by atoms with Gasteiger partial charge in [0.15, 0.2) is 0 Å². The Labute approximate surface area is 201 Å². The molecule has 0 spiro atoms. The smallest absolute Gasteiger partial charge is 0.315 e. The van der Waals surface area contributed by atoms with Gasteiger partial charge in [-0.2, -0.15) is 11.8 Å². The minimum Gasteiger partial charge on any atom is -0.379 e. The van der Waals surface area contributed by atoms with Crippen molar-refractivity contribution < 1.29 is 28.6 Å². The highest BCUT2D eigenvalue weighted by atomic mass is 32.2. The zero-order valence-electron chi connectivity index (χ0n) is 19.7. The zero-order valence-corrected chi connectivity index (χ0v) is 20.5. The highest BCUT2D eigenvalue weighted by Crippen LogP contribution is 2.33. The number of nitrogens with one attached hydrogen (secondary N) is 4. The molecule has 11 heteroatoms. The van der Waals surface area contributed by atoms with E-state index < -0.39 is 0 Å². The maximum absolute atomic E-state index is 11.9. The quantitative estimate of drug-likeness (QED) is 0.156. The minimum atomic E-state index is -0.0522. The minimum absolute atomic E-state index is 0.0241. The summed E-state index contributed by atoms with van der Waals surface area (Å²) in [6.45, 7) is 6.02. The van der Waals surface area contributed by atoms with Crippen LogP contribution in [0.3, 0.4) is 0 Å². The van der Waals surface area contributed by atoms with Gasteiger partial charge in [-0.25, -0.2) is 4.79 Å². The summed E-state index contributed by atoms with van der Waals surface area (Å²) >= 11 is 1.91. The Hall–Kier alpha value is -1.56. The van der Waals surface area contributed by atoms with Crippen molar-refractivity contribution in [2.75, 3.05) is 58.5 Å². The van der Waals surface area contributed by atoms with Gasteiger partial charge in [0.25, 0.3) is 0 Å². The fraction of sp³-hybridized carbons (Fsp3) is 0.864. The van der Waals surface area contributed by atoms with Crippen LogP contribution in [0, 0.1) is 0 Å². The van der Waals surface area contributed by atoms with Crippen LogP contribution in [-0.4, -0.2) is 93.7 Å². The lowest BCUT2D eigenvalue weighted by Gasteiger charge is -2.16. The number of ether oxygens (including phenoxy) is 3. The van der Waals surface area contributed by atoms with Gasteiger partial charge >= 0.3 is 6.03 Å². The van der Waals surface area contributed by atoms with E-state index in [4.69, 9.17) is 14.2 Å². The molecule has 0 aromatic carbocycles. The molecule has 4 amide bonds. The van der Waals surface area contributed by atoms with Crippen LogP contribution in [0.25, 0.3) is 0 Å². The van der Waals surface area contributed by atoms with Crippen LogP contribution in [0.2, 0.25) is 0 Å². The normalized spacial score (nSPS) is 21.4. The molecule has 0 unspecified atom stereocenters. The summed E-state index contributed by atoms with van der Waals surface area (Å²) in [6.07, 6.45) is 5.00. The molecular formula is C22H40N4O6S. The molecule has 2 heterocycles. The fourth-order valence-corrected chi connectivity index (χ4v) is 5.29. The number of urea groups is 1. The van der Waals surface area contributed by atoms with Crippen molar-refractivity contribution in [2.24, 2.45) is 0 Å². The lowest BCUT2D eigenvalue weighted by Crippen LogP contribution is -2.36. The first-order chi connectivity index (χ1) is 16.1. The van der Waals surface area contributed by atoms with E-state index in [2.05, 4.69) is 21.3 Å². The van der Waals surface area contributed by atoms with Gasteiger partial charge < -0.3 is 35.5 Å². The van der Waals surface area contributed by atoms with E-state index in [1.807, 2.05) is 11.8 Å². The van der Waals surface area contributed by atoms with Crippen molar-refractivity contribution in [3.63, 3.8) is 0 Å². The van der Waals surface area contributed by atoms with E-state index >= 15 is 0 Å². The maximum atomic E-state index is 11.9. The Bertz CT molecular complexity index is 597. The standard InChI is InChI=1S/C22H40N4O6S/c1-17(27)23-8-4-10-30-12-14-32-15-13-31-11-5-9-24-20(28)7-3-2-6-19-21-18(16-33-19)25-22(29)26-21/h18-19,21H,2-16H2,1H3,(H,23,27)(H,24,28)(H2,25,26,29)/t18-,19+,21+/m1/s1. The molecule has 3 atom stereocenters. The third-order valence-electron chi connectivity index (χ3n) is 5.45. The summed E-state index contributed by atoms with van der Waals surface area (Å²) in [4.78, 5) is 34.0. The number of thioether (sulfide) groups is 1. The fourth-order valence-electron chi connectivity index (χ4n) is 3.75. The van der Waals surface area contributed by atoms with Crippen molar-refractivity contribution >= 4 is 29.6 Å². The lowest BCUT2D eigenvalue weighted by molar-refractivity contribution is -0.121. The third-order valence-corrected chi connectivity index (χ3v) is 6.96. The van der Waals surface area contributed by atoms with Crippen LogP contribution in [0.1, 0.15) is 45.4 Å². The van der Waals surface area contributed by atoms with Gasteiger partial charge in [0, 0.05) is 50.7 Å². The number of fused-ring (bicyclic) bond motifs is 1. The van der Waals surface area contributed by atoms with Gasteiger partial charge in [-0.15, -0.1) is 0 Å². The molecule has 33 heavy (non-hydrogen) atoms. The Morgan fingerprint density at radius 2 is 1.55 bits per heavy atom. The third kappa shape index (κ3) is 12.5. The summed E-state index contributed by atoms with van der Waals surface area (Å²) < 4.78 is 16.3. The molecule has 0 aromatic heterocycles. The SMILES string of the molecule is CC(=O)NCCCOCCOCCOCCCNC(=O)CCCC[C@@H]1SC[C@H]2NC(=O)N[C@H]12. The van der Waals surface area contributed by atoms with Crippen LogP contribution >= 0.6 is 11.8 Å². The second-order valence-corrected chi connectivity index (χ2v) is 9.52. The summed E-state index contributed by atoms with van der Waals surface area (Å²) in [7, 11) is 0. The maximum Gasteiger partial charge on any atom is 0.315 e. The van der Waals surface area contributed by atoms with E-state index in [-0.39, 0.29) is 29.9 Å². The molecule has 0 radical (unpaired) electrons. The molecule has 10 nitrogen and oxygen atoms in total. The van der Waals surface area contributed by atoms with E-state index in [0.717, 1.165) is 37.9 Å². The van der Waals surface area contributed by atoms with Crippen molar-refractivity contribution in [2.45, 2.75) is 62.8 Å². The van der Waals surface area contributed by atoms with Gasteiger partial charge in [0.1, 0.15) is 0 Å². The van der Waals surface area contributed by atoms with Crippen molar-refractivity contribution in [1.82, 2.24) is 21.3 Å². The number of carbonyl (C=O) groups excluding carboxylic acids is 3. The second-order valence-electron chi connectivity index (χ2n) is 8.24. The molecule has 2 aliphatic heterocycles. The van der Waals surface area contributed by atoms with Gasteiger partial charge in [-0.3, -0.25) is 9.59 Å². The van der Waals surface area contributed by atoms with Crippen LogP contribution < -0.4 is 21.3 Å². The first-order valence-corrected chi connectivity index (χ1v) is 13.0. The molecule has 2 rings (SSSR count). The zero-order chi connectivity index (χ0) is 23.7. The predicted octanol–water partition coefficient (Wildman–Crippen LogP) is 0.795. The molecule has 4 N–H and O–H groups in total. The highest BCUT2D eigenvalue weighted by Gasteiger charge is 2.42. The van der Waals surface area contributed by atoms with Crippen LogP contribution in [0.5, 0.6) is 0 Å². The number of hydrogen-bond acceptors (Lipinski definition) is 7. The Balaban J connectivity index is 1.28. The molecule has 190 valence electrons. The van der Waals surface area contributed by atoms with Crippen LogP contribution in [0.15, 0.2) is 0 Å². The van der Waals surface area contributed by atoms with Crippen molar-refractivity contribution in [1.29, 1.82) is 0 Å². The first kappa shape index (κ1) is 27.7. The molecule has 2 aliphatic rings. The van der Waals surface area contributed by atoms with E-state index in [0.29, 0.717) is 64.4 Å². The van der Waals surface area contributed by atoms with Crippen molar-refractivity contribution in [3.8, 4) is 0 Å². The average molecular weight is 489 g/mol. The van der Waals surface area contributed by atoms with E-state index in [9.17, 15) is 14.4 Å². The van der Waals surface area contributed by atoms with E-state index in [1.165, 1.54) is 6.92 Å². The monoisotopic (exact) mass is 488 g/mol. The van der Waals surface area contributed by atoms with Gasteiger partial charge in [-0.05, 0) is 25.7 Å². The number of amides is 4. The number of unbranched alkanes of at least 4 members (excludes halogenated alkanes) is 1. The van der Waals surface area contributed by atoms with Gasteiger partial charge in [0.05, 0.1) is 38.5 Å². The van der Waals surface area contributed by atoms with Gasteiger partial charge in [-0.1, -0.05) is 6.42 Å². The summed E-state index contributed by atoms with van der Waals surface area (Å²) in [5.74, 6) is 1.03. The second kappa shape index (κ2) is 17.0. The average Bonchev–Trinajstić information content (AvgIpc) is 3.33. The lowest BCUT2D eigenvalue weighted by atomic mass is 10.0. The highest BCUT2D eigenvalue weighted by molar-refractivity contribution is 8.00. The topological polar surface area (TPSA) is 127 Å². The predicted molar refractivity (Wildman–Crippen MR) is 127 cm³/mol. The molecule has 0 saturated carbocycles. The summed E-state index contributed by atoms with van der Waals surface area (Å²) in [6, 6.07) is 0.447. The van der Waals surface area contributed by atoms with E-state index in [1.54, 1.807) is 0 Å². The van der Waals surface area contributed by atoms with Crippen molar-refractivity contribution in [3.05, 3.63) is 0 Å². The van der Waals surface area contributed by atoms with Gasteiger partial charge in [0.2, 0.25) is 11.8 Å². The summed E-state index contributed by atoms with van der Waals surface area (Å²) in [5.41, 5.74) is 0. The molecule has 0 aromatic rings. The Morgan fingerprint density at radius 3 is 2.21 bits per heavy atom.